The topological polar surface area (TPSA) is 78.9 Å². The van der Waals surface area contributed by atoms with Crippen LogP contribution in [0.25, 0.3) is 5.57 Å². The van der Waals surface area contributed by atoms with Gasteiger partial charge >= 0.3 is 5.97 Å². The minimum Gasteiger partial charge on any atom is -0.486 e. The molecule has 1 aromatic rings. The number of esters is 1. The first-order valence-corrected chi connectivity index (χ1v) is 9.03. The highest BCUT2D eigenvalue weighted by molar-refractivity contribution is 6.39. The van der Waals surface area contributed by atoms with E-state index < -0.39 is 24.3 Å². The van der Waals surface area contributed by atoms with E-state index in [1.54, 1.807) is 45.0 Å². The van der Waals surface area contributed by atoms with Crippen LogP contribution in [-0.2, 0) is 28.6 Å². The summed E-state index contributed by atoms with van der Waals surface area (Å²) in [5.74, 6) is -1.13. The minimum absolute atomic E-state index is 0.0261. The van der Waals surface area contributed by atoms with Gasteiger partial charge in [0, 0.05) is 5.57 Å². The van der Waals surface area contributed by atoms with Crippen LogP contribution in [0.4, 0.5) is 0 Å². The Morgan fingerprint density at radius 3 is 2.41 bits per heavy atom. The van der Waals surface area contributed by atoms with E-state index in [0.29, 0.717) is 5.56 Å². The van der Waals surface area contributed by atoms with Crippen molar-refractivity contribution in [3.63, 3.8) is 0 Å². The third-order valence-electron chi connectivity index (χ3n) is 4.89. The molecule has 1 aliphatic carbocycles. The van der Waals surface area contributed by atoms with Crippen LogP contribution in [0, 0.1) is 0 Å². The maximum Gasteiger partial charge on any atom is 0.309 e. The Bertz CT molecular complexity index is 893. The number of carbonyl (C=O) groups excluding carboxylic acids is 3. The van der Waals surface area contributed by atoms with Crippen molar-refractivity contribution in [1.29, 1.82) is 0 Å². The zero-order valence-corrected chi connectivity index (χ0v) is 15.4. The van der Waals surface area contributed by atoms with Crippen molar-refractivity contribution in [2.45, 2.75) is 51.6 Å². The number of fused-ring (bicyclic) bond motifs is 2. The number of ether oxygens (including phenoxy) is 3. The summed E-state index contributed by atoms with van der Waals surface area (Å²) < 4.78 is 16.9. The van der Waals surface area contributed by atoms with E-state index >= 15 is 0 Å². The molecule has 6 heteroatoms. The molecule has 3 atom stereocenters. The van der Waals surface area contributed by atoms with Gasteiger partial charge in [-0.15, -0.1) is 0 Å². The number of hydrogen-bond acceptors (Lipinski definition) is 6. The summed E-state index contributed by atoms with van der Waals surface area (Å²) >= 11 is 0. The standard InChI is InChI=1S/C21H20O6/c1-10(2)25-21-16(12-7-5-4-6-8-12)18(23)17-15(19(21)24)11(3)26-13-9-14(22)27-20(13)17/h4-8,10-11,13,20H,9H2,1-3H3/t11-,13-,20+/m0/s1. The molecule has 27 heavy (non-hydrogen) atoms. The molecule has 2 heterocycles. The second-order valence-corrected chi connectivity index (χ2v) is 7.15. The number of rotatable bonds is 3. The van der Waals surface area contributed by atoms with Gasteiger partial charge in [0.05, 0.1) is 29.8 Å². The van der Waals surface area contributed by atoms with Crippen LogP contribution in [0.3, 0.4) is 0 Å². The Balaban J connectivity index is 1.89. The van der Waals surface area contributed by atoms with Crippen LogP contribution in [0.1, 0.15) is 32.8 Å². The van der Waals surface area contributed by atoms with Gasteiger partial charge < -0.3 is 14.2 Å². The molecule has 140 valence electrons. The molecule has 4 rings (SSSR count). The van der Waals surface area contributed by atoms with Crippen molar-refractivity contribution in [2.24, 2.45) is 0 Å². The monoisotopic (exact) mass is 368 g/mol. The number of carbonyl (C=O) groups is 3. The fraction of sp³-hybridized carbons (Fsp3) is 0.381. The number of allylic oxidation sites excluding steroid dienone is 2. The van der Waals surface area contributed by atoms with Gasteiger partial charge in [-0.1, -0.05) is 30.3 Å². The highest BCUT2D eigenvalue weighted by Crippen LogP contribution is 2.42. The lowest BCUT2D eigenvalue weighted by molar-refractivity contribution is -0.141. The Labute approximate surface area is 156 Å². The van der Waals surface area contributed by atoms with Crippen LogP contribution in [0.5, 0.6) is 0 Å². The van der Waals surface area contributed by atoms with Crippen molar-refractivity contribution in [1.82, 2.24) is 0 Å². The molecule has 0 amide bonds. The Hall–Kier alpha value is -2.73. The van der Waals surface area contributed by atoms with E-state index in [1.807, 2.05) is 6.07 Å². The average molecular weight is 368 g/mol. The number of benzene rings is 1. The fourth-order valence-electron chi connectivity index (χ4n) is 3.85. The normalized spacial score (nSPS) is 27.7. The van der Waals surface area contributed by atoms with Crippen LogP contribution >= 0.6 is 0 Å². The Morgan fingerprint density at radius 2 is 1.74 bits per heavy atom. The third kappa shape index (κ3) is 2.80. The van der Waals surface area contributed by atoms with Crippen molar-refractivity contribution in [2.75, 3.05) is 0 Å². The van der Waals surface area contributed by atoms with Crippen LogP contribution in [0.15, 0.2) is 47.2 Å². The SMILES string of the molecule is CC(C)OC1=C(c2ccccc2)C(=O)C2=C(C1=O)[C@H](C)O[C@H]1CC(=O)O[C@@H]21. The summed E-state index contributed by atoms with van der Waals surface area (Å²) in [6.45, 7) is 5.31. The quantitative estimate of drug-likeness (QED) is 0.602. The fourth-order valence-corrected chi connectivity index (χ4v) is 3.85. The molecular formula is C21H20O6. The molecule has 0 unspecified atom stereocenters. The molecule has 1 aromatic carbocycles. The van der Waals surface area contributed by atoms with Crippen molar-refractivity contribution in [3.05, 3.63) is 52.8 Å². The lowest BCUT2D eigenvalue weighted by atomic mass is 9.78. The molecule has 1 fully saturated rings. The third-order valence-corrected chi connectivity index (χ3v) is 4.89. The van der Waals surface area contributed by atoms with Crippen molar-refractivity contribution < 1.29 is 28.6 Å². The summed E-state index contributed by atoms with van der Waals surface area (Å²) in [7, 11) is 0. The summed E-state index contributed by atoms with van der Waals surface area (Å²) in [6, 6.07) is 8.94. The van der Waals surface area contributed by atoms with Crippen LogP contribution in [0.2, 0.25) is 0 Å². The highest BCUT2D eigenvalue weighted by Gasteiger charge is 2.52. The summed E-state index contributed by atoms with van der Waals surface area (Å²) in [6.07, 6.45) is -2.22. The molecule has 0 saturated carbocycles. The molecule has 0 radical (unpaired) electrons. The van der Waals surface area contributed by atoms with Gasteiger partial charge in [-0.25, -0.2) is 0 Å². The average Bonchev–Trinajstić information content (AvgIpc) is 2.98. The van der Waals surface area contributed by atoms with E-state index in [-0.39, 0.29) is 46.6 Å². The highest BCUT2D eigenvalue weighted by atomic mass is 16.6. The van der Waals surface area contributed by atoms with Gasteiger partial charge in [-0.3, -0.25) is 14.4 Å². The van der Waals surface area contributed by atoms with E-state index in [4.69, 9.17) is 14.2 Å². The minimum atomic E-state index is -0.848. The van der Waals surface area contributed by atoms with Crippen LogP contribution < -0.4 is 0 Å². The maximum atomic E-state index is 13.5. The summed E-state index contributed by atoms with van der Waals surface area (Å²) in [4.78, 5) is 38.6. The molecule has 0 bridgehead atoms. The zero-order valence-electron chi connectivity index (χ0n) is 15.4. The van der Waals surface area contributed by atoms with Gasteiger partial charge in [0.15, 0.2) is 17.6 Å². The number of ketones is 2. The second-order valence-electron chi connectivity index (χ2n) is 7.15. The van der Waals surface area contributed by atoms with E-state index in [0.717, 1.165) is 0 Å². The van der Waals surface area contributed by atoms with Gasteiger partial charge in [0.2, 0.25) is 5.78 Å². The van der Waals surface area contributed by atoms with E-state index in [2.05, 4.69) is 0 Å². The predicted molar refractivity (Wildman–Crippen MR) is 95.5 cm³/mol. The Kier molecular flexibility index (Phi) is 4.23. The molecule has 0 aromatic heterocycles. The molecule has 1 saturated heterocycles. The van der Waals surface area contributed by atoms with Gasteiger partial charge in [0.25, 0.3) is 0 Å². The number of hydrogen-bond donors (Lipinski definition) is 0. The second kappa shape index (κ2) is 6.46. The first kappa shape index (κ1) is 17.7. The smallest absolute Gasteiger partial charge is 0.309 e. The van der Waals surface area contributed by atoms with Crippen molar-refractivity contribution in [3.8, 4) is 0 Å². The Morgan fingerprint density at radius 1 is 1.04 bits per heavy atom. The number of Topliss-reactive ketones (excluding diaryl/α,β-unsaturated/α-hetero) is 2. The molecule has 6 nitrogen and oxygen atoms in total. The summed E-state index contributed by atoms with van der Waals surface area (Å²) in [5, 5.41) is 0. The first-order valence-electron chi connectivity index (χ1n) is 9.03. The van der Waals surface area contributed by atoms with Gasteiger partial charge in [-0.05, 0) is 26.3 Å². The lowest BCUT2D eigenvalue weighted by Crippen LogP contribution is -2.45. The maximum absolute atomic E-state index is 13.5. The summed E-state index contributed by atoms with van der Waals surface area (Å²) in [5.41, 5.74) is 1.26. The van der Waals surface area contributed by atoms with Crippen LogP contribution in [-0.4, -0.2) is 42.0 Å². The van der Waals surface area contributed by atoms with E-state index in [9.17, 15) is 14.4 Å². The molecule has 3 aliphatic rings. The molecule has 2 aliphatic heterocycles. The predicted octanol–water partition coefficient (Wildman–Crippen LogP) is 2.37. The van der Waals surface area contributed by atoms with E-state index in [1.165, 1.54) is 0 Å². The first-order chi connectivity index (χ1) is 12.9. The van der Waals surface area contributed by atoms with Crippen molar-refractivity contribution >= 4 is 23.1 Å². The van der Waals surface area contributed by atoms with Gasteiger partial charge in [-0.2, -0.15) is 0 Å². The largest absolute Gasteiger partial charge is 0.486 e. The van der Waals surface area contributed by atoms with Gasteiger partial charge in [0.1, 0.15) is 6.10 Å². The molecule has 0 N–H and O–H groups in total. The lowest BCUT2D eigenvalue weighted by Gasteiger charge is -2.36. The zero-order chi connectivity index (χ0) is 19.3. The molecule has 0 spiro atoms. The molecular weight excluding hydrogens is 348 g/mol.